The Balaban J connectivity index is 1.79. The topological polar surface area (TPSA) is 74.4 Å². The van der Waals surface area contributed by atoms with Crippen LogP contribution in [0, 0.1) is 0 Å². The lowest BCUT2D eigenvalue weighted by Gasteiger charge is -2.06. The van der Waals surface area contributed by atoms with Crippen molar-refractivity contribution in [1.82, 2.24) is 4.98 Å². The average Bonchev–Trinajstić information content (AvgIpc) is 2.51. The van der Waals surface area contributed by atoms with Gasteiger partial charge in [-0.15, -0.1) is 0 Å². The van der Waals surface area contributed by atoms with E-state index in [2.05, 4.69) is 4.98 Å². The van der Waals surface area contributed by atoms with Crippen molar-refractivity contribution in [3.63, 3.8) is 0 Å². The van der Waals surface area contributed by atoms with E-state index >= 15 is 0 Å². The number of hydrogen-bond acceptors (Lipinski definition) is 5. The number of nitrogens with zero attached hydrogens (tertiary/aromatic N) is 1. The van der Waals surface area contributed by atoms with Crippen LogP contribution in [-0.4, -0.2) is 18.1 Å². The third-order valence-corrected chi connectivity index (χ3v) is 2.94. The van der Waals surface area contributed by atoms with Crippen LogP contribution in [0.1, 0.15) is 17.7 Å². The van der Waals surface area contributed by atoms with Crippen LogP contribution < -0.4 is 10.5 Å². The van der Waals surface area contributed by atoms with Gasteiger partial charge in [-0.3, -0.25) is 4.79 Å². The number of carbonyl (C=O) groups excluding carboxylic acids is 1. The molecule has 5 nitrogen and oxygen atoms in total. The van der Waals surface area contributed by atoms with Gasteiger partial charge in [-0.1, -0.05) is 18.2 Å². The van der Waals surface area contributed by atoms with Crippen molar-refractivity contribution in [1.29, 1.82) is 0 Å². The molecule has 0 spiro atoms. The number of nitrogens with two attached hydrogens (primary N) is 1. The maximum absolute atomic E-state index is 11.7. The second kappa shape index (κ2) is 7.28. The molecule has 2 aromatic rings. The van der Waals surface area contributed by atoms with Gasteiger partial charge in [0.25, 0.3) is 0 Å². The summed E-state index contributed by atoms with van der Waals surface area (Å²) < 4.78 is 10.2. The molecule has 0 saturated carbocycles. The number of methoxy groups -OCH3 is 1. The molecule has 0 amide bonds. The number of ether oxygens (including phenoxy) is 2. The molecule has 2 rings (SSSR count). The monoisotopic (exact) mass is 286 g/mol. The number of esters is 1. The van der Waals surface area contributed by atoms with Gasteiger partial charge >= 0.3 is 5.97 Å². The van der Waals surface area contributed by atoms with Gasteiger partial charge in [-0.05, 0) is 30.2 Å². The van der Waals surface area contributed by atoms with Crippen molar-refractivity contribution in [2.45, 2.75) is 19.4 Å². The third-order valence-electron chi connectivity index (χ3n) is 2.94. The van der Waals surface area contributed by atoms with Crippen molar-refractivity contribution in [2.75, 3.05) is 12.8 Å². The number of carbonyl (C=O) groups is 1. The van der Waals surface area contributed by atoms with Crippen molar-refractivity contribution >= 4 is 11.7 Å². The molecule has 0 fully saturated rings. The summed E-state index contributed by atoms with van der Waals surface area (Å²) in [6.45, 7) is 0.146. The summed E-state index contributed by atoms with van der Waals surface area (Å²) in [5.41, 5.74) is 8.07. The summed E-state index contributed by atoms with van der Waals surface area (Å²) in [4.78, 5) is 15.9. The number of benzene rings is 1. The van der Waals surface area contributed by atoms with Crippen LogP contribution in [0.3, 0.4) is 0 Å². The highest BCUT2D eigenvalue weighted by atomic mass is 16.5. The predicted molar refractivity (Wildman–Crippen MR) is 79.8 cm³/mol. The lowest BCUT2D eigenvalue weighted by Crippen LogP contribution is -2.07. The van der Waals surface area contributed by atoms with Crippen LogP contribution in [-0.2, 0) is 22.6 Å². The quantitative estimate of drug-likeness (QED) is 0.651. The van der Waals surface area contributed by atoms with E-state index in [1.165, 1.54) is 0 Å². The van der Waals surface area contributed by atoms with Crippen molar-refractivity contribution in [3.05, 3.63) is 53.7 Å². The molecule has 0 atom stereocenters. The van der Waals surface area contributed by atoms with E-state index in [0.717, 1.165) is 5.56 Å². The van der Waals surface area contributed by atoms with Gasteiger partial charge < -0.3 is 15.2 Å². The molecule has 0 aliphatic carbocycles. The molecular weight excluding hydrogens is 268 g/mol. The van der Waals surface area contributed by atoms with E-state index in [9.17, 15) is 4.79 Å². The highest BCUT2D eigenvalue weighted by molar-refractivity contribution is 5.69. The molecule has 1 aromatic heterocycles. The zero-order valence-corrected chi connectivity index (χ0v) is 11.9. The highest BCUT2D eigenvalue weighted by Crippen LogP contribution is 2.10. The molecule has 110 valence electrons. The number of hydrogen-bond donors (Lipinski definition) is 1. The van der Waals surface area contributed by atoms with E-state index in [1.807, 2.05) is 30.3 Å². The molecule has 0 aliphatic rings. The van der Waals surface area contributed by atoms with Crippen LogP contribution in [0.5, 0.6) is 5.88 Å². The lowest BCUT2D eigenvalue weighted by molar-refractivity contribution is -0.145. The maximum Gasteiger partial charge on any atom is 0.306 e. The standard InChI is InChI=1S/C16H18N2O3/c1-20-15-7-3-6-14(18-15)11-21-16(19)9-8-12-4-2-5-13(17)10-12/h2-7,10H,8-9,11,17H2,1H3. The van der Waals surface area contributed by atoms with Gasteiger partial charge in [-0.25, -0.2) is 4.98 Å². The first kappa shape index (κ1) is 14.8. The minimum atomic E-state index is -0.262. The molecule has 2 N–H and O–H groups in total. The second-order valence-electron chi connectivity index (χ2n) is 4.58. The lowest BCUT2D eigenvalue weighted by atomic mass is 10.1. The van der Waals surface area contributed by atoms with Crippen molar-refractivity contribution < 1.29 is 14.3 Å². The summed E-state index contributed by atoms with van der Waals surface area (Å²) >= 11 is 0. The summed E-state index contributed by atoms with van der Waals surface area (Å²) in [6, 6.07) is 12.8. The number of aromatic nitrogens is 1. The van der Waals surface area contributed by atoms with Gasteiger partial charge in [0.05, 0.1) is 12.8 Å². The summed E-state index contributed by atoms with van der Waals surface area (Å²) in [6.07, 6.45) is 0.919. The van der Waals surface area contributed by atoms with Crippen molar-refractivity contribution in [2.24, 2.45) is 0 Å². The van der Waals surface area contributed by atoms with Crippen LogP contribution in [0.4, 0.5) is 5.69 Å². The van der Waals surface area contributed by atoms with Gasteiger partial charge in [0, 0.05) is 18.2 Å². The van der Waals surface area contributed by atoms with Gasteiger partial charge in [0.2, 0.25) is 5.88 Å². The Morgan fingerprint density at radius 1 is 1.24 bits per heavy atom. The fraction of sp³-hybridized carbons (Fsp3) is 0.250. The fourth-order valence-electron chi connectivity index (χ4n) is 1.87. The molecule has 1 aromatic carbocycles. The number of anilines is 1. The first-order valence-corrected chi connectivity index (χ1v) is 6.67. The highest BCUT2D eigenvalue weighted by Gasteiger charge is 2.06. The molecule has 1 heterocycles. The fourth-order valence-corrected chi connectivity index (χ4v) is 1.87. The third kappa shape index (κ3) is 4.80. The first-order chi connectivity index (χ1) is 10.2. The van der Waals surface area contributed by atoms with Crippen molar-refractivity contribution in [3.8, 4) is 5.88 Å². The largest absolute Gasteiger partial charge is 0.481 e. The molecule has 0 aliphatic heterocycles. The molecule has 0 saturated heterocycles. The SMILES string of the molecule is COc1cccc(COC(=O)CCc2cccc(N)c2)n1. The van der Waals surface area contributed by atoms with Crippen LogP contribution in [0.2, 0.25) is 0 Å². The Kier molecular flexibility index (Phi) is 5.15. The number of rotatable bonds is 6. The molecule has 0 bridgehead atoms. The zero-order valence-electron chi connectivity index (χ0n) is 11.9. The summed E-state index contributed by atoms with van der Waals surface area (Å²) in [5, 5.41) is 0. The Morgan fingerprint density at radius 2 is 2.05 bits per heavy atom. The van der Waals surface area contributed by atoms with Gasteiger partial charge in [-0.2, -0.15) is 0 Å². The molecular formula is C16H18N2O3. The minimum absolute atomic E-state index is 0.146. The van der Waals surface area contributed by atoms with Crippen LogP contribution in [0.25, 0.3) is 0 Å². The van der Waals surface area contributed by atoms with E-state index < -0.39 is 0 Å². The average molecular weight is 286 g/mol. The molecule has 0 radical (unpaired) electrons. The predicted octanol–water partition coefficient (Wildman–Crippen LogP) is 2.35. The normalized spacial score (nSPS) is 10.1. The zero-order chi connectivity index (χ0) is 15.1. The van der Waals surface area contributed by atoms with E-state index in [1.54, 1.807) is 19.2 Å². The smallest absolute Gasteiger partial charge is 0.306 e. The number of nitrogen functional groups attached to an aromatic ring is 1. The van der Waals surface area contributed by atoms with E-state index in [-0.39, 0.29) is 12.6 Å². The Hall–Kier alpha value is -2.56. The molecule has 0 unspecified atom stereocenters. The number of aryl methyl sites for hydroxylation is 1. The Morgan fingerprint density at radius 3 is 2.81 bits per heavy atom. The number of pyridine rings is 1. The second-order valence-corrected chi connectivity index (χ2v) is 4.58. The Labute approximate surface area is 123 Å². The van der Waals surface area contributed by atoms with E-state index in [0.29, 0.717) is 30.1 Å². The molecule has 21 heavy (non-hydrogen) atoms. The summed E-state index contributed by atoms with van der Waals surface area (Å²) in [5.74, 6) is 0.241. The minimum Gasteiger partial charge on any atom is -0.481 e. The first-order valence-electron chi connectivity index (χ1n) is 6.67. The van der Waals surface area contributed by atoms with Gasteiger partial charge in [0.15, 0.2) is 0 Å². The van der Waals surface area contributed by atoms with Crippen LogP contribution >= 0.6 is 0 Å². The Bertz CT molecular complexity index is 614. The maximum atomic E-state index is 11.7. The van der Waals surface area contributed by atoms with E-state index in [4.69, 9.17) is 15.2 Å². The summed E-state index contributed by atoms with van der Waals surface area (Å²) in [7, 11) is 1.55. The molecule has 5 heteroatoms. The van der Waals surface area contributed by atoms with Gasteiger partial charge in [0.1, 0.15) is 6.61 Å². The van der Waals surface area contributed by atoms with Crippen LogP contribution in [0.15, 0.2) is 42.5 Å².